The molecule has 2 aliphatic heterocycles. The smallest absolute Gasteiger partial charge is 0.256 e. The van der Waals surface area contributed by atoms with Crippen molar-refractivity contribution in [1.82, 2.24) is 14.7 Å². The molecule has 2 aliphatic rings. The monoisotopic (exact) mass is 513 g/mol. The summed E-state index contributed by atoms with van der Waals surface area (Å²) in [5.74, 6) is -0.274. The van der Waals surface area contributed by atoms with Crippen molar-refractivity contribution in [2.75, 3.05) is 63.6 Å². The number of amides is 2. The van der Waals surface area contributed by atoms with E-state index in [4.69, 9.17) is 17.0 Å². The van der Waals surface area contributed by atoms with Gasteiger partial charge in [0.2, 0.25) is 5.91 Å². The van der Waals surface area contributed by atoms with Crippen LogP contribution in [-0.4, -0.2) is 91.1 Å². The van der Waals surface area contributed by atoms with E-state index in [2.05, 4.69) is 22.2 Å². The van der Waals surface area contributed by atoms with Gasteiger partial charge < -0.3 is 24.8 Å². The fourth-order valence-electron chi connectivity index (χ4n) is 4.51. The number of ether oxygens (including phenoxy) is 1. The number of methoxy groups -OCH3 is 1. The molecule has 2 amide bonds. The molecule has 1 atom stereocenters. The third kappa shape index (κ3) is 6.18. The van der Waals surface area contributed by atoms with Gasteiger partial charge in [-0.25, -0.2) is 4.39 Å². The van der Waals surface area contributed by atoms with Crippen LogP contribution in [0.5, 0.6) is 5.75 Å². The number of piperazine rings is 1. The molecule has 0 aliphatic carbocycles. The second-order valence-corrected chi connectivity index (χ2v) is 9.49. The molecule has 192 valence electrons. The quantitative estimate of drug-likeness (QED) is 0.517. The molecule has 0 saturated carbocycles. The van der Waals surface area contributed by atoms with E-state index in [0.717, 1.165) is 39.1 Å². The number of nitrogens with zero attached hydrogens (tertiary/aromatic N) is 4. The van der Waals surface area contributed by atoms with Gasteiger partial charge in [-0.15, -0.1) is 0 Å². The number of anilines is 2. The molecule has 0 radical (unpaired) electrons. The molecule has 2 fully saturated rings. The Labute approximate surface area is 216 Å². The first-order chi connectivity index (χ1) is 17.4. The maximum Gasteiger partial charge on any atom is 0.256 e. The minimum atomic E-state index is -0.728. The Morgan fingerprint density at radius 3 is 2.36 bits per heavy atom. The topological polar surface area (TPSA) is 68.4 Å². The van der Waals surface area contributed by atoms with Crippen LogP contribution in [0.15, 0.2) is 48.5 Å². The van der Waals surface area contributed by atoms with Gasteiger partial charge in [0.1, 0.15) is 17.6 Å². The Morgan fingerprint density at radius 1 is 1.06 bits per heavy atom. The van der Waals surface area contributed by atoms with E-state index in [9.17, 15) is 14.0 Å². The van der Waals surface area contributed by atoms with Crippen molar-refractivity contribution in [3.05, 3.63) is 54.3 Å². The van der Waals surface area contributed by atoms with Crippen molar-refractivity contribution in [3.8, 4) is 5.75 Å². The molecule has 2 saturated heterocycles. The van der Waals surface area contributed by atoms with E-state index < -0.39 is 11.9 Å². The minimum absolute atomic E-state index is 0.0444. The van der Waals surface area contributed by atoms with Crippen LogP contribution in [0.1, 0.15) is 12.8 Å². The molecule has 4 rings (SSSR count). The number of carbonyl (C=O) groups excluding carboxylic acids is 2. The van der Waals surface area contributed by atoms with Gasteiger partial charge in [0.05, 0.1) is 19.2 Å². The van der Waals surface area contributed by atoms with Gasteiger partial charge in [0.25, 0.3) is 5.91 Å². The van der Waals surface area contributed by atoms with Crippen LogP contribution < -0.4 is 15.0 Å². The van der Waals surface area contributed by atoms with Gasteiger partial charge in [-0.05, 0) is 80.8 Å². The van der Waals surface area contributed by atoms with Gasteiger partial charge in [-0.2, -0.15) is 0 Å². The zero-order chi connectivity index (χ0) is 25.7. The number of carbonyl (C=O) groups is 2. The molecule has 0 spiro atoms. The summed E-state index contributed by atoms with van der Waals surface area (Å²) in [7, 11) is 3.70. The van der Waals surface area contributed by atoms with Crippen molar-refractivity contribution >= 4 is 40.5 Å². The largest absolute Gasteiger partial charge is 0.497 e. The molecule has 1 N–H and O–H groups in total. The van der Waals surface area contributed by atoms with E-state index in [0.29, 0.717) is 28.8 Å². The molecule has 10 heteroatoms. The summed E-state index contributed by atoms with van der Waals surface area (Å²) in [6, 6.07) is 11.9. The van der Waals surface area contributed by atoms with Crippen molar-refractivity contribution in [3.63, 3.8) is 0 Å². The van der Waals surface area contributed by atoms with Crippen LogP contribution in [0.3, 0.4) is 0 Å². The fourth-order valence-corrected chi connectivity index (χ4v) is 4.93. The average molecular weight is 514 g/mol. The number of hydrogen-bond acceptors (Lipinski definition) is 6. The molecule has 2 aromatic rings. The predicted octanol–water partition coefficient (Wildman–Crippen LogP) is 2.80. The maximum atomic E-state index is 13.5. The highest BCUT2D eigenvalue weighted by Crippen LogP contribution is 2.28. The number of benzene rings is 2. The van der Waals surface area contributed by atoms with Crippen LogP contribution in [0.4, 0.5) is 15.8 Å². The lowest BCUT2D eigenvalue weighted by molar-refractivity contribution is -0.124. The van der Waals surface area contributed by atoms with Crippen molar-refractivity contribution in [2.24, 2.45) is 0 Å². The zero-order valence-electron chi connectivity index (χ0n) is 20.7. The van der Waals surface area contributed by atoms with Crippen LogP contribution >= 0.6 is 12.2 Å². The van der Waals surface area contributed by atoms with Gasteiger partial charge >= 0.3 is 0 Å². The first-order valence-electron chi connectivity index (χ1n) is 12.1. The summed E-state index contributed by atoms with van der Waals surface area (Å²) in [5.41, 5.74) is 1.11. The number of nitrogens with one attached hydrogen (secondary N) is 1. The van der Waals surface area contributed by atoms with E-state index in [1.807, 2.05) is 4.90 Å². The maximum absolute atomic E-state index is 13.5. The first kappa shape index (κ1) is 26.0. The van der Waals surface area contributed by atoms with E-state index in [1.54, 1.807) is 31.4 Å². The van der Waals surface area contributed by atoms with Crippen molar-refractivity contribution in [2.45, 2.75) is 18.9 Å². The number of halogens is 1. The van der Waals surface area contributed by atoms with E-state index in [-0.39, 0.29) is 18.2 Å². The van der Waals surface area contributed by atoms with Crippen LogP contribution in [0.25, 0.3) is 0 Å². The van der Waals surface area contributed by atoms with Gasteiger partial charge in [-0.1, -0.05) is 0 Å². The molecule has 2 aromatic carbocycles. The Balaban J connectivity index is 1.45. The average Bonchev–Trinajstić information content (AvgIpc) is 3.10. The number of likely N-dealkylation sites (N-methyl/N-ethyl adjacent to an activating group) is 1. The van der Waals surface area contributed by atoms with Crippen LogP contribution in [0.2, 0.25) is 0 Å². The Morgan fingerprint density at radius 2 is 1.72 bits per heavy atom. The molecule has 0 aromatic heterocycles. The summed E-state index contributed by atoms with van der Waals surface area (Å²) >= 11 is 5.70. The summed E-state index contributed by atoms with van der Waals surface area (Å²) in [4.78, 5) is 34.4. The van der Waals surface area contributed by atoms with Crippen LogP contribution in [-0.2, 0) is 9.59 Å². The highest BCUT2D eigenvalue weighted by atomic mass is 32.1. The summed E-state index contributed by atoms with van der Waals surface area (Å²) in [6.07, 6.45) is 0.766. The first-order valence-corrected chi connectivity index (χ1v) is 12.5. The van der Waals surface area contributed by atoms with Gasteiger partial charge in [0.15, 0.2) is 5.11 Å². The van der Waals surface area contributed by atoms with Crippen molar-refractivity contribution in [1.29, 1.82) is 0 Å². The lowest BCUT2D eigenvalue weighted by atomic mass is 10.1. The summed E-state index contributed by atoms with van der Waals surface area (Å²) < 4.78 is 18.7. The van der Waals surface area contributed by atoms with Crippen LogP contribution in [0, 0.1) is 5.82 Å². The van der Waals surface area contributed by atoms with E-state index >= 15 is 0 Å². The highest BCUT2D eigenvalue weighted by molar-refractivity contribution is 7.80. The zero-order valence-corrected chi connectivity index (χ0v) is 21.5. The lowest BCUT2D eigenvalue weighted by Gasteiger charge is -2.33. The second kappa shape index (κ2) is 11.8. The number of hydrogen-bond donors (Lipinski definition) is 1. The Bertz CT molecular complexity index is 1070. The lowest BCUT2D eigenvalue weighted by Crippen LogP contribution is -2.45. The summed E-state index contributed by atoms with van der Waals surface area (Å²) in [5, 5.41) is 3.19. The van der Waals surface area contributed by atoms with Gasteiger partial charge in [0, 0.05) is 38.4 Å². The Kier molecular flexibility index (Phi) is 8.50. The molecule has 2 heterocycles. The predicted molar refractivity (Wildman–Crippen MR) is 142 cm³/mol. The number of rotatable bonds is 9. The molecule has 8 nitrogen and oxygen atoms in total. The van der Waals surface area contributed by atoms with Gasteiger partial charge in [-0.3, -0.25) is 14.5 Å². The van der Waals surface area contributed by atoms with E-state index in [1.165, 1.54) is 29.2 Å². The third-order valence-electron chi connectivity index (χ3n) is 6.63. The normalized spacial score (nSPS) is 19.1. The summed E-state index contributed by atoms with van der Waals surface area (Å²) in [6.45, 7) is 5.53. The fraction of sp³-hybridized carbons (Fsp3) is 0.423. The molecular formula is C26H32FN5O3S. The standard InChI is InChI=1S/C26H32FN5O3S/c1-29-14-16-30(17-15-29)12-3-13-31-23(18-24(33)28-20-6-10-22(35-2)11-7-20)25(34)32(26(31)36)21-8-4-19(27)5-9-21/h4-11,23H,3,12-18H2,1-2H3,(H,28,33)/t23-/m0/s1. The molecule has 36 heavy (non-hydrogen) atoms. The number of thiocarbonyl (C=S) groups is 1. The minimum Gasteiger partial charge on any atom is -0.497 e. The van der Waals surface area contributed by atoms with Crippen molar-refractivity contribution < 1.29 is 18.7 Å². The Hall–Kier alpha value is -3.08. The third-order valence-corrected chi connectivity index (χ3v) is 7.04. The second-order valence-electron chi connectivity index (χ2n) is 9.12. The molecular weight excluding hydrogens is 481 g/mol. The molecule has 0 bridgehead atoms. The molecule has 0 unspecified atom stereocenters. The SMILES string of the molecule is COc1ccc(NC(=O)C[C@H]2C(=O)N(c3ccc(F)cc3)C(=S)N2CCCN2CCN(C)CC2)cc1. The highest BCUT2D eigenvalue weighted by Gasteiger charge is 2.43.